The standard InChI is InChI=1S/C19H18N4O2/c24-19(25)14-4-3-5-16(10-14)23-12-17(21-13-23)15-6-7-18(20-11-15)22-8-1-2-9-22/h3-7,10-13H,1-2,8-9H2,(H,24,25). The number of imidazole rings is 1. The van der Waals surface area contributed by atoms with Gasteiger partial charge in [0, 0.05) is 36.7 Å². The van der Waals surface area contributed by atoms with Gasteiger partial charge in [0.25, 0.3) is 0 Å². The predicted octanol–water partition coefficient (Wildman–Crippen LogP) is 3.23. The van der Waals surface area contributed by atoms with Crippen molar-refractivity contribution in [2.75, 3.05) is 18.0 Å². The topological polar surface area (TPSA) is 71.2 Å². The Kier molecular flexibility index (Phi) is 3.93. The first-order valence-electron chi connectivity index (χ1n) is 8.30. The maximum absolute atomic E-state index is 11.1. The van der Waals surface area contributed by atoms with E-state index in [-0.39, 0.29) is 5.56 Å². The number of hydrogen-bond donors (Lipinski definition) is 1. The third-order valence-corrected chi connectivity index (χ3v) is 4.45. The lowest BCUT2D eigenvalue weighted by Crippen LogP contribution is -2.18. The van der Waals surface area contributed by atoms with E-state index in [4.69, 9.17) is 5.11 Å². The van der Waals surface area contributed by atoms with Crippen LogP contribution in [0.4, 0.5) is 5.82 Å². The Bertz CT molecular complexity index is 896. The van der Waals surface area contributed by atoms with Crippen LogP contribution in [0.15, 0.2) is 55.1 Å². The molecule has 6 heteroatoms. The van der Waals surface area contributed by atoms with Crippen molar-refractivity contribution in [2.45, 2.75) is 12.8 Å². The second-order valence-electron chi connectivity index (χ2n) is 6.12. The molecule has 0 atom stereocenters. The summed E-state index contributed by atoms with van der Waals surface area (Å²) in [6.45, 7) is 2.14. The lowest BCUT2D eigenvalue weighted by Gasteiger charge is -2.15. The van der Waals surface area contributed by atoms with Crippen molar-refractivity contribution in [1.29, 1.82) is 0 Å². The van der Waals surface area contributed by atoms with Gasteiger partial charge in [-0.2, -0.15) is 0 Å². The highest BCUT2D eigenvalue weighted by molar-refractivity contribution is 5.88. The summed E-state index contributed by atoms with van der Waals surface area (Å²) >= 11 is 0. The van der Waals surface area contributed by atoms with E-state index in [1.165, 1.54) is 12.8 Å². The van der Waals surface area contributed by atoms with E-state index >= 15 is 0 Å². The van der Waals surface area contributed by atoms with Crippen LogP contribution in [0.3, 0.4) is 0 Å². The van der Waals surface area contributed by atoms with Crippen LogP contribution in [0.2, 0.25) is 0 Å². The fourth-order valence-electron chi connectivity index (χ4n) is 3.08. The Hall–Kier alpha value is -3.15. The first-order valence-corrected chi connectivity index (χ1v) is 8.30. The zero-order chi connectivity index (χ0) is 17.2. The van der Waals surface area contributed by atoms with Crippen molar-refractivity contribution in [3.05, 3.63) is 60.7 Å². The van der Waals surface area contributed by atoms with Gasteiger partial charge in [-0.25, -0.2) is 14.8 Å². The summed E-state index contributed by atoms with van der Waals surface area (Å²) in [4.78, 5) is 22.4. The molecule has 0 unspecified atom stereocenters. The Morgan fingerprint density at radius 3 is 2.64 bits per heavy atom. The number of benzene rings is 1. The van der Waals surface area contributed by atoms with Crippen molar-refractivity contribution in [1.82, 2.24) is 14.5 Å². The van der Waals surface area contributed by atoms with Crippen LogP contribution >= 0.6 is 0 Å². The van der Waals surface area contributed by atoms with Gasteiger partial charge in [0.05, 0.1) is 17.6 Å². The molecule has 1 aromatic carbocycles. The quantitative estimate of drug-likeness (QED) is 0.793. The van der Waals surface area contributed by atoms with Crippen LogP contribution in [0, 0.1) is 0 Å². The molecule has 1 saturated heterocycles. The predicted molar refractivity (Wildman–Crippen MR) is 95.2 cm³/mol. The SMILES string of the molecule is O=C(O)c1cccc(-n2cnc(-c3ccc(N4CCCC4)nc3)c2)c1. The van der Waals surface area contributed by atoms with Gasteiger partial charge in [-0.3, -0.25) is 0 Å². The third-order valence-electron chi connectivity index (χ3n) is 4.45. The molecule has 1 aliphatic heterocycles. The van der Waals surface area contributed by atoms with E-state index in [1.807, 2.05) is 35.2 Å². The minimum Gasteiger partial charge on any atom is -0.478 e. The third kappa shape index (κ3) is 3.10. The molecular formula is C19H18N4O2. The van der Waals surface area contributed by atoms with Gasteiger partial charge in [-0.1, -0.05) is 6.07 Å². The van der Waals surface area contributed by atoms with Gasteiger partial charge in [0.15, 0.2) is 0 Å². The van der Waals surface area contributed by atoms with Gasteiger partial charge in [0.2, 0.25) is 0 Å². The lowest BCUT2D eigenvalue weighted by molar-refractivity contribution is 0.0697. The zero-order valence-corrected chi connectivity index (χ0v) is 13.7. The number of pyridine rings is 1. The minimum atomic E-state index is -0.941. The monoisotopic (exact) mass is 334 g/mol. The molecule has 1 aliphatic rings. The summed E-state index contributed by atoms with van der Waals surface area (Å²) < 4.78 is 1.82. The molecule has 25 heavy (non-hydrogen) atoms. The molecule has 0 aliphatic carbocycles. The molecule has 126 valence electrons. The summed E-state index contributed by atoms with van der Waals surface area (Å²) in [5.41, 5.74) is 2.77. The van der Waals surface area contributed by atoms with Crippen molar-refractivity contribution in [2.24, 2.45) is 0 Å². The van der Waals surface area contributed by atoms with Crippen LogP contribution in [0.5, 0.6) is 0 Å². The fourth-order valence-corrected chi connectivity index (χ4v) is 3.08. The van der Waals surface area contributed by atoms with E-state index in [0.717, 1.165) is 35.9 Å². The van der Waals surface area contributed by atoms with Crippen LogP contribution in [-0.4, -0.2) is 38.7 Å². The molecule has 3 aromatic rings. The molecule has 6 nitrogen and oxygen atoms in total. The number of carbonyl (C=O) groups is 1. The number of carboxylic acid groups (broad SMARTS) is 1. The molecule has 1 N–H and O–H groups in total. The highest BCUT2D eigenvalue weighted by Gasteiger charge is 2.13. The number of aromatic carboxylic acids is 1. The number of aromatic nitrogens is 3. The Morgan fingerprint density at radius 1 is 1.08 bits per heavy atom. The maximum atomic E-state index is 11.1. The Morgan fingerprint density at radius 2 is 1.92 bits per heavy atom. The largest absolute Gasteiger partial charge is 0.478 e. The molecule has 1 fully saturated rings. The highest BCUT2D eigenvalue weighted by atomic mass is 16.4. The van der Waals surface area contributed by atoms with Gasteiger partial charge >= 0.3 is 5.97 Å². The number of anilines is 1. The summed E-state index contributed by atoms with van der Waals surface area (Å²) in [5, 5.41) is 9.12. The van der Waals surface area contributed by atoms with Gasteiger partial charge in [-0.15, -0.1) is 0 Å². The van der Waals surface area contributed by atoms with E-state index in [2.05, 4.69) is 14.9 Å². The average molecular weight is 334 g/mol. The molecule has 0 saturated carbocycles. The Labute approximate surface area is 145 Å². The van der Waals surface area contributed by atoms with E-state index < -0.39 is 5.97 Å². The summed E-state index contributed by atoms with van der Waals surface area (Å²) in [5.74, 6) is 0.0683. The van der Waals surface area contributed by atoms with Crippen LogP contribution in [0.1, 0.15) is 23.2 Å². The molecule has 0 amide bonds. The number of carboxylic acids is 1. The minimum absolute atomic E-state index is 0.254. The van der Waals surface area contributed by atoms with Crippen LogP contribution < -0.4 is 4.90 Å². The average Bonchev–Trinajstić information content (AvgIpc) is 3.34. The molecule has 2 aromatic heterocycles. The summed E-state index contributed by atoms with van der Waals surface area (Å²) in [6.07, 6.45) is 7.86. The highest BCUT2D eigenvalue weighted by Crippen LogP contribution is 2.23. The van der Waals surface area contributed by atoms with Crippen molar-refractivity contribution in [3.63, 3.8) is 0 Å². The van der Waals surface area contributed by atoms with Gasteiger partial charge in [0.1, 0.15) is 5.82 Å². The van der Waals surface area contributed by atoms with Crippen molar-refractivity contribution >= 4 is 11.8 Å². The van der Waals surface area contributed by atoms with Crippen molar-refractivity contribution < 1.29 is 9.90 Å². The van der Waals surface area contributed by atoms with Crippen molar-refractivity contribution in [3.8, 4) is 16.9 Å². The second kappa shape index (κ2) is 6.39. The zero-order valence-electron chi connectivity index (χ0n) is 13.7. The maximum Gasteiger partial charge on any atom is 0.335 e. The molecule has 0 bridgehead atoms. The van der Waals surface area contributed by atoms with E-state index in [1.54, 1.807) is 24.5 Å². The smallest absolute Gasteiger partial charge is 0.335 e. The van der Waals surface area contributed by atoms with Crippen LogP contribution in [0.25, 0.3) is 16.9 Å². The summed E-state index contributed by atoms with van der Waals surface area (Å²) in [6, 6.07) is 10.8. The first-order chi connectivity index (χ1) is 12.2. The molecule has 3 heterocycles. The van der Waals surface area contributed by atoms with Crippen LogP contribution in [-0.2, 0) is 0 Å². The fraction of sp³-hybridized carbons (Fsp3) is 0.211. The number of hydrogen-bond acceptors (Lipinski definition) is 4. The second-order valence-corrected chi connectivity index (χ2v) is 6.12. The molecule has 0 radical (unpaired) electrons. The first kappa shape index (κ1) is 15.4. The summed E-state index contributed by atoms with van der Waals surface area (Å²) in [7, 11) is 0. The van der Waals surface area contributed by atoms with E-state index in [0.29, 0.717) is 0 Å². The van der Waals surface area contributed by atoms with E-state index in [9.17, 15) is 4.79 Å². The number of nitrogens with zero attached hydrogens (tertiary/aromatic N) is 4. The van der Waals surface area contributed by atoms with Gasteiger partial charge < -0.3 is 14.6 Å². The Balaban J connectivity index is 1.58. The molecule has 0 spiro atoms. The molecular weight excluding hydrogens is 316 g/mol. The number of rotatable bonds is 4. The van der Waals surface area contributed by atoms with Gasteiger partial charge in [-0.05, 0) is 43.2 Å². The lowest BCUT2D eigenvalue weighted by atomic mass is 10.2. The molecule has 4 rings (SSSR count). The normalized spacial score (nSPS) is 14.0.